The van der Waals surface area contributed by atoms with Gasteiger partial charge in [0.2, 0.25) is 0 Å². The van der Waals surface area contributed by atoms with E-state index in [1.807, 2.05) is 39.0 Å². The molecule has 0 atom stereocenters. The van der Waals surface area contributed by atoms with E-state index in [4.69, 9.17) is 21.7 Å². The van der Waals surface area contributed by atoms with Crippen LogP contribution in [0.2, 0.25) is 0 Å². The first-order chi connectivity index (χ1) is 10.5. The number of hydrogen-bond donors (Lipinski definition) is 0. The van der Waals surface area contributed by atoms with Gasteiger partial charge in [-0.3, -0.25) is 9.69 Å². The number of likely N-dealkylation sites (N-methyl/N-ethyl adjacent to an activating group) is 1. The monoisotopic (exact) mass is 337 g/mol. The van der Waals surface area contributed by atoms with Crippen molar-refractivity contribution in [1.82, 2.24) is 4.90 Å². The Bertz CT molecular complexity index is 641. The Morgan fingerprint density at radius 2 is 2.05 bits per heavy atom. The van der Waals surface area contributed by atoms with Crippen molar-refractivity contribution in [2.24, 2.45) is 0 Å². The summed E-state index contributed by atoms with van der Waals surface area (Å²) in [6, 6.07) is 3.81. The van der Waals surface area contributed by atoms with Crippen LogP contribution in [0.25, 0.3) is 6.08 Å². The first-order valence-electron chi connectivity index (χ1n) is 7.08. The number of benzene rings is 1. The van der Waals surface area contributed by atoms with Crippen LogP contribution in [0.3, 0.4) is 0 Å². The third kappa shape index (κ3) is 3.28. The molecule has 0 aliphatic carbocycles. The predicted octanol–water partition coefficient (Wildman–Crippen LogP) is 3.62. The lowest BCUT2D eigenvalue weighted by Gasteiger charge is -2.12. The zero-order valence-electron chi connectivity index (χ0n) is 13.1. The van der Waals surface area contributed by atoms with Crippen molar-refractivity contribution in [3.8, 4) is 11.5 Å². The number of thiocarbonyl (C=S) groups is 1. The highest BCUT2D eigenvalue weighted by molar-refractivity contribution is 8.26. The first kappa shape index (κ1) is 16.8. The largest absolute Gasteiger partial charge is 0.493 e. The van der Waals surface area contributed by atoms with E-state index in [9.17, 15) is 4.79 Å². The lowest BCUT2D eigenvalue weighted by atomic mass is 10.1. The molecule has 22 heavy (non-hydrogen) atoms. The van der Waals surface area contributed by atoms with Crippen molar-refractivity contribution in [2.75, 3.05) is 20.3 Å². The van der Waals surface area contributed by atoms with E-state index in [-0.39, 0.29) is 5.91 Å². The minimum absolute atomic E-state index is 0.0364. The summed E-state index contributed by atoms with van der Waals surface area (Å²) in [6.07, 6.45) is 1.87. The van der Waals surface area contributed by atoms with E-state index in [0.29, 0.717) is 33.9 Å². The summed E-state index contributed by atoms with van der Waals surface area (Å²) >= 11 is 6.57. The maximum atomic E-state index is 12.3. The lowest BCUT2D eigenvalue weighted by Crippen LogP contribution is -2.27. The summed E-state index contributed by atoms with van der Waals surface area (Å²) < 4.78 is 11.5. The highest BCUT2D eigenvalue weighted by Crippen LogP contribution is 2.36. The molecule has 0 radical (unpaired) electrons. The van der Waals surface area contributed by atoms with Gasteiger partial charge in [0.15, 0.2) is 11.5 Å². The predicted molar refractivity (Wildman–Crippen MR) is 94.5 cm³/mol. The molecule has 0 aromatic heterocycles. The second-order valence-corrected chi connectivity index (χ2v) is 6.39. The van der Waals surface area contributed by atoms with Gasteiger partial charge in [0.1, 0.15) is 4.32 Å². The summed E-state index contributed by atoms with van der Waals surface area (Å²) in [5, 5.41) is 0. The van der Waals surface area contributed by atoms with Crippen LogP contribution in [0.5, 0.6) is 11.5 Å². The van der Waals surface area contributed by atoms with Gasteiger partial charge in [-0.1, -0.05) is 24.0 Å². The third-order valence-electron chi connectivity index (χ3n) is 3.33. The maximum Gasteiger partial charge on any atom is 0.266 e. The Labute approximate surface area is 140 Å². The molecule has 118 valence electrons. The van der Waals surface area contributed by atoms with E-state index in [2.05, 4.69) is 0 Å². The van der Waals surface area contributed by atoms with Crippen molar-refractivity contribution in [1.29, 1.82) is 0 Å². The van der Waals surface area contributed by atoms with Gasteiger partial charge >= 0.3 is 0 Å². The van der Waals surface area contributed by atoms with Crippen LogP contribution in [0.4, 0.5) is 0 Å². The fraction of sp³-hybridized carbons (Fsp3) is 0.375. The van der Waals surface area contributed by atoms with Gasteiger partial charge in [-0.15, -0.1) is 0 Å². The molecule has 0 spiro atoms. The van der Waals surface area contributed by atoms with E-state index in [0.717, 1.165) is 11.1 Å². The smallest absolute Gasteiger partial charge is 0.266 e. The van der Waals surface area contributed by atoms with Gasteiger partial charge in [0.05, 0.1) is 18.6 Å². The van der Waals surface area contributed by atoms with Crippen molar-refractivity contribution in [3.63, 3.8) is 0 Å². The Balaban J connectivity index is 2.41. The number of thioether (sulfide) groups is 1. The Morgan fingerprint density at radius 1 is 1.32 bits per heavy atom. The summed E-state index contributed by atoms with van der Waals surface area (Å²) in [6.45, 7) is 6.96. The fourth-order valence-corrected chi connectivity index (χ4v) is 3.55. The second-order valence-electron chi connectivity index (χ2n) is 4.72. The SMILES string of the molecule is CCOc1cc(/C=C2\SC(=S)N(CC)C2=O)c(C)cc1OC. The quantitative estimate of drug-likeness (QED) is 0.606. The zero-order valence-corrected chi connectivity index (χ0v) is 14.8. The van der Waals surface area contributed by atoms with E-state index in [1.54, 1.807) is 12.0 Å². The molecule has 0 N–H and O–H groups in total. The highest BCUT2D eigenvalue weighted by atomic mass is 32.2. The number of carbonyl (C=O) groups is 1. The average Bonchev–Trinajstić information content (AvgIpc) is 2.76. The molecule has 1 fully saturated rings. The number of hydrogen-bond acceptors (Lipinski definition) is 5. The van der Waals surface area contributed by atoms with Gasteiger partial charge in [0, 0.05) is 6.54 Å². The molecule has 0 unspecified atom stereocenters. The second kappa shape index (κ2) is 7.15. The molecule has 4 nitrogen and oxygen atoms in total. The van der Waals surface area contributed by atoms with Gasteiger partial charge in [0.25, 0.3) is 5.91 Å². The summed E-state index contributed by atoms with van der Waals surface area (Å²) in [4.78, 5) is 14.5. The van der Waals surface area contributed by atoms with Crippen LogP contribution < -0.4 is 9.47 Å². The molecule has 0 bridgehead atoms. The van der Waals surface area contributed by atoms with Gasteiger partial charge in [-0.05, 0) is 50.1 Å². The molecule has 1 aromatic carbocycles. The van der Waals surface area contributed by atoms with E-state index in [1.165, 1.54) is 11.8 Å². The minimum atomic E-state index is -0.0364. The molecule has 1 heterocycles. The fourth-order valence-electron chi connectivity index (χ4n) is 2.17. The van der Waals surface area contributed by atoms with Crippen LogP contribution in [-0.4, -0.2) is 35.4 Å². The average molecular weight is 337 g/mol. The molecule has 2 rings (SSSR count). The lowest BCUT2D eigenvalue weighted by molar-refractivity contribution is -0.121. The van der Waals surface area contributed by atoms with Gasteiger partial charge in [-0.25, -0.2) is 0 Å². The first-order valence-corrected chi connectivity index (χ1v) is 8.31. The number of ether oxygens (including phenoxy) is 2. The van der Waals surface area contributed by atoms with Crippen LogP contribution in [-0.2, 0) is 4.79 Å². The van der Waals surface area contributed by atoms with Crippen molar-refractivity contribution in [3.05, 3.63) is 28.2 Å². The number of aryl methyl sites for hydroxylation is 1. The number of methoxy groups -OCH3 is 1. The van der Waals surface area contributed by atoms with Crippen molar-refractivity contribution in [2.45, 2.75) is 20.8 Å². The number of nitrogens with zero attached hydrogens (tertiary/aromatic N) is 1. The Hall–Kier alpha value is -1.53. The van der Waals surface area contributed by atoms with Crippen molar-refractivity contribution < 1.29 is 14.3 Å². The number of carbonyl (C=O) groups excluding carboxylic acids is 1. The van der Waals surface area contributed by atoms with Crippen LogP contribution in [0, 0.1) is 6.92 Å². The minimum Gasteiger partial charge on any atom is -0.493 e. The molecule has 0 saturated carbocycles. The molecule has 1 aliphatic heterocycles. The Morgan fingerprint density at radius 3 is 2.59 bits per heavy atom. The summed E-state index contributed by atoms with van der Waals surface area (Å²) in [5.41, 5.74) is 1.95. The highest BCUT2D eigenvalue weighted by Gasteiger charge is 2.30. The molecule has 1 amide bonds. The molecule has 1 aromatic rings. The number of amides is 1. The molecular weight excluding hydrogens is 318 g/mol. The maximum absolute atomic E-state index is 12.3. The van der Waals surface area contributed by atoms with E-state index >= 15 is 0 Å². The van der Waals surface area contributed by atoms with Crippen LogP contribution >= 0.6 is 24.0 Å². The van der Waals surface area contributed by atoms with Gasteiger partial charge < -0.3 is 9.47 Å². The van der Waals surface area contributed by atoms with Crippen LogP contribution in [0.1, 0.15) is 25.0 Å². The molecule has 1 saturated heterocycles. The summed E-state index contributed by atoms with van der Waals surface area (Å²) in [5.74, 6) is 1.33. The Kier molecular flexibility index (Phi) is 5.47. The van der Waals surface area contributed by atoms with Crippen molar-refractivity contribution >= 4 is 40.3 Å². The van der Waals surface area contributed by atoms with Gasteiger partial charge in [-0.2, -0.15) is 0 Å². The molecule has 1 aliphatic rings. The normalized spacial score (nSPS) is 16.5. The zero-order chi connectivity index (χ0) is 16.3. The molecule has 6 heteroatoms. The van der Waals surface area contributed by atoms with E-state index < -0.39 is 0 Å². The van der Waals surface area contributed by atoms with Crippen LogP contribution in [0.15, 0.2) is 17.0 Å². The molecular formula is C16H19NO3S2. The number of rotatable bonds is 5. The standard InChI is InChI=1S/C16H19NO3S2/c1-5-17-15(18)14(22-16(17)21)9-11-8-13(20-6-2)12(19-4)7-10(11)3/h7-9H,5-6H2,1-4H3/b14-9-. The topological polar surface area (TPSA) is 38.8 Å². The summed E-state index contributed by atoms with van der Waals surface area (Å²) in [7, 11) is 1.61. The third-order valence-corrected chi connectivity index (χ3v) is 4.71.